The van der Waals surface area contributed by atoms with Crippen molar-refractivity contribution < 1.29 is 77.2 Å². The third-order valence-electron chi connectivity index (χ3n) is 18.7. The van der Waals surface area contributed by atoms with E-state index in [1.165, 1.54) is 40.9 Å². The first-order valence-corrected chi connectivity index (χ1v) is 36.1. The molecule has 0 radical (unpaired) electrons. The molecular weight excluding hydrogens is 1330 g/mol. The van der Waals surface area contributed by atoms with Crippen molar-refractivity contribution in [2.75, 3.05) is 78.2 Å². The second kappa shape index (κ2) is 42.3. The van der Waals surface area contributed by atoms with Crippen molar-refractivity contribution in [1.82, 2.24) is 56.0 Å². The van der Waals surface area contributed by atoms with Gasteiger partial charge in [0.25, 0.3) is 0 Å². The van der Waals surface area contributed by atoms with Crippen molar-refractivity contribution in [3.8, 4) is 0 Å². The number of aliphatic hydroxyl groups is 2. The molecule has 102 heavy (non-hydrogen) atoms. The number of benzene rings is 2. The van der Waals surface area contributed by atoms with Gasteiger partial charge < -0.3 is 86.6 Å². The van der Waals surface area contributed by atoms with E-state index >= 15 is 0 Å². The van der Waals surface area contributed by atoms with E-state index in [-0.39, 0.29) is 94.0 Å². The van der Waals surface area contributed by atoms with Crippen LogP contribution in [0.1, 0.15) is 131 Å². The van der Waals surface area contributed by atoms with E-state index in [1.807, 2.05) is 32.0 Å². The number of nitrogens with two attached hydrogens (primary N) is 1. The van der Waals surface area contributed by atoms with E-state index in [4.69, 9.17) is 19.9 Å². The summed E-state index contributed by atoms with van der Waals surface area (Å²) < 4.78 is 17.8. The molecule has 30 heteroatoms. The van der Waals surface area contributed by atoms with Crippen LogP contribution in [0.5, 0.6) is 0 Å². The number of anilines is 1. The number of aliphatic hydroxyl groups excluding tert-OH is 2. The smallest absolute Gasteiger partial charge is 0.410 e. The van der Waals surface area contributed by atoms with Crippen molar-refractivity contribution in [3.63, 3.8) is 0 Å². The van der Waals surface area contributed by atoms with Crippen LogP contribution in [0.3, 0.4) is 0 Å². The Morgan fingerprint density at radius 3 is 1.88 bits per heavy atom. The number of amides is 12. The summed E-state index contributed by atoms with van der Waals surface area (Å²) in [5.41, 5.74) is 6.89. The minimum atomic E-state index is -1.41. The van der Waals surface area contributed by atoms with E-state index in [0.29, 0.717) is 42.6 Å². The van der Waals surface area contributed by atoms with Gasteiger partial charge in [-0.15, -0.1) is 0 Å². The molecule has 12 amide bonds. The quantitative estimate of drug-likeness (QED) is 0.0256. The normalized spacial score (nSPS) is 17.4. The van der Waals surface area contributed by atoms with Gasteiger partial charge in [0.15, 0.2) is 0 Å². The summed E-state index contributed by atoms with van der Waals surface area (Å²) in [7, 11) is 6.07. The highest BCUT2D eigenvalue weighted by atomic mass is 32.2. The topological polar surface area (TPSA) is 374 Å². The highest BCUT2D eigenvalue weighted by molar-refractivity contribution is 7.99. The number of nitrogens with one attached hydrogen (secondary N) is 6. The number of carbonyl (C=O) groups excluding carboxylic acids is 11. The number of methoxy groups -OCH3 is 2. The molecule has 13 atom stereocenters. The van der Waals surface area contributed by atoms with Gasteiger partial charge in [0, 0.05) is 59.3 Å². The predicted octanol–water partition coefficient (Wildman–Crippen LogP) is 4.25. The molecule has 4 rings (SSSR count). The Labute approximate surface area is 605 Å². The Bertz CT molecular complexity index is 3100. The van der Waals surface area contributed by atoms with Crippen LogP contribution in [0, 0.1) is 29.6 Å². The number of thioether (sulfide) groups is 1. The Kier molecular flexibility index (Phi) is 35.7. The van der Waals surface area contributed by atoms with Gasteiger partial charge in [-0.3, -0.25) is 48.1 Å². The van der Waals surface area contributed by atoms with E-state index < -0.39 is 138 Å². The molecule has 10 N–H and O–H groups in total. The standard InChI is InChI=1S/C72H113N13O16S/c1-17-46(10)63(54(99-15)37-59(90)85-35-24-28-53(85)65(100-16)47(11)66(92)75-48(12)64(91)50-25-21-20-22-26-50)80(13)70(96)61(44(6)7)79-69(95)62(45(8)9)81(14)72(98)101-38-49-29-31-51(32-30-49)76-67(93)52(27-23-34-74-71(73)97)77-68(94)60(43(4)5)78-55(86)39-102-36-33-58(89)84-41-82(56(87)18-2)40-83(42-84)57(88)19-3/h18-22,25-26,29-32,43-48,52-54,60-65,67,76,91,93H,2-3,17,23-24,27-28,33-42H2,1,4-16H3,(H,75,92)(H,77,94)(H,78,86)(H,79,95)(H3,73,74,97)/t46-,47-,48-,52+,53+,54-,60+,61+,62+,63+,64-,65-,67?/m1/s1. The summed E-state index contributed by atoms with van der Waals surface area (Å²) in [5, 5.41) is 39.5. The van der Waals surface area contributed by atoms with Crippen molar-refractivity contribution in [2.24, 2.45) is 35.3 Å². The summed E-state index contributed by atoms with van der Waals surface area (Å²) in [4.78, 5) is 156. The lowest BCUT2D eigenvalue weighted by Crippen LogP contribution is -2.60. The zero-order valence-electron chi connectivity index (χ0n) is 61.9. The van der Waals surface area contributed by atoms with Gasteiger partial charge in [-0.25, -0.2) is 9.59 Å². The molecule has 2 aromatic carbocycles. The number of urea groups is 1. The number of rotatable bonds is 40. The van der Waals surface area contributed by atoms with Gasteiger partial charge in [0.2, 0.25) is 53.2 Å². The fourth-order valence-electron chi connectivity index (χ4n) is 12.7. The first kappa shape index (κ1) is 86.1. The van der Waals surface area contributed by atoms with Crippen LogP contribution in [0.15, 0.2) is 79.9 Å². The molecule has 0 saturated carbocycles. The van der Waals surface area contributed by atoms with Gasteiger partial charge in [0.1, 0.15) is 31.0 Å². The molecule has 2 fully saturated rings. The number of carbonyl (C=O) groups is 11. The van der Waals surface area contributed by atoms with Gasteiger partial charge >= 0.3 is 12.1 Å². The molecule has 0 aromatic heterocycles. The fourth-order valence-corrected chi connectivity index (χ4v) is 13.4. The lowest BCUT2D eigenvalue weighted by Gasteiger charge is -2.41. The largest absolute Gasteiger partial charge is 0.445 e. The molecule has 0 spiro atoms. The first-order valence-electron chi connectivity index (χ1n) is 34.9. The second-order valence-electron chi connectivity index (χ2n) is 27.3. The number of hydrogen-bond acceptors (Lipinski definition) is 18. The SMILES string of the molecule is C=CC(=O)N1CN(C(=O)C=C)CN(C(=O)CCSCC(=O)N[C@H](C(=O)N[C@@H](CCCNC(N)=O)C(O)Nc2ccc(COC(=O)N(C)[C@H](C(=O)N[C@H](C(=O)N(C)[C@@H]([C@H](C)CC)[C@@H](CC(=O)N3CCC[C@H]3[C@H](OC)[C@@H](C)C(=O)N[C@H](C)[C@@H](O)c3ccccc3)OC)C(C)C)C(C)C)cc2)C(C)C)C1. The van der Waals surface area contributed by atoms with Crippen LogP contribution in [-0.2, 0) is 64.0 Å². The Morgan fingerprint density at radius 1 is 0.725 bits per heavy atom. The molecule has 2 heterocycles. The van der Waals surface area contributed by atoms with Crippen LogP contribution < -0.4 is 37.6 Å². The molecular formula is C72H113N13O16S. The number of primary amides is 1. The molecule has 568 valence electrons. The van der Waals surface area contributed by atoms with Gasteiger partial charge in [0.05, 0.1) is 80.6 Å². The average Bonchev–Trinajstić information content (AvgIpc) is 1.43. The monoisotopic (exact) mass is 1450 g/mol. The van der Waals surface area contributed by atoms with Crippen LogP contribution in [0.2, 0.25) is 0 Å². The number of likely N-dealkylation sites (N-methyl/N-ethyl adjacent to an activating group) is 2. The number of likely N-dealkylation sites (tertiary alicyclic amines) is 1. The molecule has 2 saturated heterocycles. The van der Waals surface area contributed by atoms with Gasteiger partial charge in [-0.1, -0.05) is 124 Å². The highest BCUT2D eigenvalue weighted by Gasteiger charge is 2.44. The van der Waals surface area contributed by atoms with Crippen LogP contribution in [0.4, 0.5) is 15.3 Å². The maximum absolute atomic E-state index is 14.8. The summed E-state index contributed by atoms with van der Waals surface area (Å²) in [5.74, 6) is -6.04. The molecule has 2 aromatic rings. The minimum absolute atomic E-state index is 0.0153. The zero-order valence-corrected chi connectivity index (χ0v) is 62.7. The maximum atomic E-state index is 14.8. The molecule has 1 unspecified atom stereocenters. The third kappa shape index (κ3) is 25.3. The van der Waals surface area contributed by atoms with E-state index in [1.54, 1.807) is 109 Å². The van der Waals surface area contributed by atoms with E-state index in [9.17, 15) is 63.0 Å². The molecule has 0 bridgehead atoms. The lowest BCUT2D eigenvalue weighted by molar-refractivity contribution is -0.154. The van der Waals surface area contributed by atoms with Crippen molar-refractivity contribution in [3.05, 3.63) is 91.0 Å². The summed E-state index contributed by atoms with van der Waals surface area (Å²) in [6.07, 6.45) is -0.275. The number of hydrogen-bond donors (Lipinski definition) is 9. The van der Waals surface area contributed by atoms with Crippen molar-refractivity contribution in [2.45, 2.75) is 188 Å². The average molecular weight is 1450 g/mol. The molecule has 2 aliphatic rings. The summed E-state index contributed by atoms with van der Waals surface area (Å²) >= 11 is 1.15. The third-order valence-corrected chi connectivity index (χ3v) is 19.7. The molecule has 2 aliphatic heterocycles. The van der Waals surface area contributed by atoms with Crippen LogP contribution >= 0.6 is 11.8 Å². The van der Waals surface area contributed by atoms with Crippen molar-refractivity contribution in [1.29, 1.82) is 0 Å². The summed E-state index contributed by atoms with van der Waals surface area (Å²) in [6, 6.07) is 8.94. The van der Waals surface area contributed by atoms with Gasteiger partial charge in [-0.05, 0) is 91.7 Å². The Hall–Kier alpha value is -8.32. The van der Waals surface area contributed by atoms with E-state index in [0.717, 1.165) is 23.9 Å². The van der Waals surface area contributed by atoms with Crippen molar-refractivity contribution >= 4 is 82.7 Å². The molecule has 0 aliphatic carbocycles. The van der Waals surface area contributed by atoms with Crippen LogP contribution in [-0.4, -0.2) is 239 Å². The molecule has 29 nitrogen and oxygen atoms in total. The van der Waals surface area contributed by atoms with Gasteiger partial charge in [-0.2, -0.15) is 11.8 Å². The van der Waals surface area contributed by atoms with E-state index in [2.05, 4.69) is 45.1 Å². The van der Waals surface area contributed by atoms with Crippen LogP contribution in [0.25, 0.3) is 0 Å². The minimum Gasteiger partial charge on any atom is -0.445 e. The Morgan fingerprint density at radius 2 is 1.33 bits per heavy atom. The second-order valence-corrected chi connectivity index (χ2v) is 28.4. The number of nitrogens with zero attached hydrogens (tertiary/aromatic N) is 6. The zero-order chi connectivity index (χ0) is 76.2. The maximum Gasteiger partial charge on any atom is 0.410 e. The predicted molar refractivity (Wildman–Crippen MR) is 388 cm³/mol. The lowest BCUT2D eigenvalue weighted by atomic mass is 9.89. The summed E-state index contributed by atoms with van der Waals surface area (Å²) in [6.45, 7) is 25.1. The fraction of sp³-hybridized carbons (Fsp3) is 0.625. The Balaban J connectivity index is 1.37. The number of ether oxygens (including phenoxy) is 3. The first-order chi connectivity index (χ1) is 48.2. The highest BCUT2D eigenvalue weighted by Crippen LogP contribution is 2.31.